The zero-order valence-corrected chi connectivity index (χ0v) is 11.8. The molecule has 2 unspecified atom stereocenters. The highest BCUT2D eigenvalue weighted by atomic mass is 16.4. The van der Waals surface area contributed by atoms with Crippen molar-refractivity contribution in [3.8, 4) is 0 Å². The van der Waals surface area contributed by atoms with Crippen molar-refractivity contribution >= 4 is 11.9 Å². The summed E-state index contributed by atoms with van der Waals surface area (Å²) >= 11 is 0. The van der Waals surface area contributed by atoms with Crippen LogP contribution in [0.5, 0.6) is 0 Å². The molecule has 1 aromatic rings. The van der Waals surface area contributed by atoms with Gasteiger partial charge in [0.2, 0.25) is 5.91 Å². The van der Waals surface area contributed by atoms with Gasteiger partial charge < -0.3 is 10.0 Å². The fourth-order valence-corrected chi connectivity index (χ4v) is 2.76. The summed E-state index contributed by atoms with van der Waals surface area (Å²) in [5, 5.41) is 16.2. The third-order valence-corrected chi connectivity index (χ3v) is 3.44. The Balaban J connectivity index is 1.93. The molecule has 2 atom stereocenters. The average Bonchev–Trinajstić information content (AvgIpc) is 2.74. The van der Waals surface area contributed by atoms with E-state index in [2.05, 4.69) is 24.2 Å². The van der Waals surface area contributed by atoms with Gasteiger partial charge in [0, 0.05) is 19.3 Å². The first-order chi connectivity index (χ1) is 9.44. The molecular formula is C13H20N4O3. The summed E-state index contributed by atoms with van der Waals surface area (Å²) in [7, 11) is 0. The van der Waals surface area contributed by atoms with Crippen molar-refractivity contribution in [2.45, 2.75) is 33.2 Å². The highest BCUT2D eigenvalue weighted by Crippen LogP contribution is 2.21. The summed E-state index contributed by atoms with van der Waals surface area (Å²) in [6.45, 7) is 5.97. The minimum Gasteiger partial charge on any atom is -0.481 e. The van der Waals surface area contributed by atoms with E-state index >= 15 is 0 Å². The number of hydrogen-bond donors (Lipinski definition) is 1. The Morgan fingerprint density at radius 1 is 1.35 bits per heavy atom. The zero-order valence-electron chi connectivity index (χ0n) is 11.8. The van der Waals surface area contributed by atoms with Gasteiger partial charge in [0.1, 0.15) is 6.54 Å². The molecule has 0 aromatic carbocycles. The Hall–Kier alpha value is -1.92. The standard InChI is InChI=1S/C13H20N4O3/c1-9-3-10(2)6-16(5-9)12(18)8-17-7-11(14-15-17)4-13(19)20/h7,9-10H,3-6,8H2,1-2H3,(H,19,20). The Morgan fingerprint density at radius 2 is 2.00 bits per heavy atom. The van der Waals surface area contributed by atoms with Gasteiger partial charge in [-0.05, 0) is 18.3 Å². The van der Waals surface area contributed by atoms with Crippen LogP contribution in [-0.4, -0.2) is 50.0 Å². The Morgan fingerprint density at radius 3 is 2.60 bits per heavy atom. The molecule has 2 rings (SSSR count). The smallest absolute Gasteiger partial charge is 0.309 e. The second-order valence-electron chi connectivity index (χ2n) is 5.72. The van der Waals surface area contributed by atoms with Crippen LogP contribution < -0.4 is 0 Å². The second kappa shape index (κ2) is 6.02. The van der Waals surface area contributed by atoms with E-state index in [-0.39, 0.29) is 18.9 Å². The van der Waals surface area contributed by atoms with E-state index < -0.39 is 5.97 Å². The van der Waals surface area contributed by atoms with Gasteiger partial charge in [-0.1, -0.05) is 19.1 Å². The lowest BCUT2D eigenvalue weighted by Crippen LogP contribution is -2.44. The lowest BCUT2D eigenvalue weighted by atomic mass is 9.92. The van der Waals surface area contributed by atoms with Gasteiger partial charge in [0.15, 0.2) is 0 Å². The van der Waals surface area contributed by atoms with E-state index in [4.69, 9.17) is 5.11 Å². The van der Waals surface area contributed by atoms with E-state index in [1.165, 1.54) is 10.9 Å². The number of rotatable bonds is 4. The molecule has 7 nitrogen and oxygen atoms in total. The maximum Gasteiger partial charge on any atom is 0.309 e. The normalized spacial score (nSPS) is 22.8. The van der Waals surface area contributed by atoms with Crippen molar-refractivity contribution < 1.29 is 14.7 Å². The van der Waals surface area contributed by atoms with Crippen LogP contribution in [0.2, 0.25) is 0 Å². The number of nitrogens with zero attached hydrogens (tertiary/aromatic N) is 4. The number of carboxylic acids is 1. The first-order valence-corrected chi connectivity index (χ1v) is 6.82. The molecule has 1 aliphatic rings. The minimum atomic E-state index is -0.956. The van der Waals surface area contributed by atoms with Gasteiger partial charge in [-0.25, -0.2) is 4.68 Å². The largest absolute Gasteiger partial charge is 0.481 e. The number of aromatic nitrogens is 3. The van der Waals surface area contributed by atoms with Crippen molar-refractivity contribution in [2.75, 3.05) is 13.1 Å². The first kappa shape index (κ1) is 14.5. The molecule has 0 radical (unpaired) electrons. The van der Waals surface area contributed by atoms with Crippen molar-refractivity contribution in [3.05, 3.63) is 11.9 Å². The predicted octanol–water partition coefficient (Wildman–Crippen LogP) is 0.410. The molecule has 0 saturated carbocycles. The maximum absolute atomic E-state index is 12.2. The molecule has 1 amide bonds. The number of hydrogen-bond acceptors (Lipinski definition) is 4. The Kier molecular flexibility index (Phi) is 4.36. The van der Waals surface area contributed by atoms with E-state index in [0.29, 0.717) is 17.5 Å². The lowest BCUT2D eigenvalue weighted by molar-refractivity contribution is -0.136. The monoisotopic (exact) mass is 280 g/mol. The number of aliphatic carboxylic acids is 1. The molecule has 1 N–H and O–H groups in total. The van der Waals surface area contributed by atoms with E-state index in [1.807, 2.05) is 4.90 Å². The lowest BCUT2D eigenvalue weighted by Gasteiger charge is -2.34. The van der Waals surface area contributed by atoms with Crippen LogP contribution in [0, 0.1) is 11.8 Å². The highest BCUT2D eigenvalue weighted by molar-refractivity contribution is 5.76. The van der Waals surface area contributed by atoms with Crippen LogP contribution in [0.25, 0.3) is 0 Å². The van der Waals surface area contributed by atoms with Crippen LogP contribution in [0.4, 0.5) is 0 Å². The van der Waals surface area contributed by atoms with Crippen molar-refractivity contribution in [3.63, 3.8) is 0 Å². The number of piperidine rings is 1. The van der Waals surface area contributed by atoms with Crippen LogP contribution in [0.3, 0.4) is 0 Å². The van der Waals surface area contributed by atoms with Crippen LogP contribution in [0.1, 0.15) is 26.0 Å². The molecule has 7 heteroatoms. The fourth-order valence-electron chi connectivity index (χ4n) is 2.76. The summed E-state index contributed by atoms with van der Waals surface area (Å²) in [6, 6.07) is 0. The number of likely N-dealkylation sites (tertiary alicyclic amines) is 1. The van der Waals surface area contributed by atoms with Gasteiger partial charge in [0.25, 0.3) is 0 Å². The van der Waals surface area contributed by atoms with Gasteiger partial charge in [-0.2, -0.15) is 0 Å². The van der Waals surface area contributed by atoms with Crippen molar-refractivity contribution in [1.82, 2.24) is 19.9 Å². The van der Waals surface area contributed by atoms with E-state index in [0.717, 1.165) is 19.5 Å². The maximum atomic E-state index is 12.2. The number of amides is 1. The van der Waals surface area contributed by atoms with Crippen LogP contribution in [0.15, 0.2) is 6.20 Å². The van der Waals surface area contributed by atoms with E-state index in [1.54, 1.807) is 0 Å². The van der Waals surface area contributed by atoms with Crippen molar-refractivity contribution in [1.29, 1.82) is 0 Å². The van der Waals surface area contributed by atoms with Gasteiger partial charge in [-0.15, -0.1) is 5.10 Å². The third-order valence-electron chi connectivity index (χ3n) is 3.44. The van der Waals surface area contributed by atoms with Gasteiger partial charge in [-0.3, -0.25) is 9.59 Å². The predicted molar refractivity (Wildman–Crippen MR) is 70.9 cm³/mol. The average molecular weight is 280 g/mol. The van der Waals surface area contributed by atoms with Crippen LogP contribution >= 0.6 is 0 Å². The Bertz CT molecular complexity index is 490. The molecule has 1 fully saturated rings. The quantitative estimate of drug-likeness (QED) is 0.863. The molecule has 1 aromatic heterocycles. The summed E-state index contributed by atoms with van der Waals surface area (Å²) in [5.41, 5.74) is 0.366. The summed E-state index contributed by atoms with van der Waals surface area (Å²) < 4.78 is 1.41. The molecule has 110 valence electrons. The topological polar surface area (TPSA) is 88.3 Å². The minimum absolute atomic E-state index is 0.00942. The molecule has 1 saturated heterocycles. The molecule has 20 heavy (non-hydrogen) atoms. The molecule has 0 aliphatic carbocycles. The summed E-state index contributed by atoms with van der Waals surface area (Å²) in [5.74, 6) is 0.0827. The molecule has 1 aliphatic heterocycles. The fraction of sp³-hybridized carbons (Fsp3) is 0.692. The first-order valence-electron chi connectivity index (χ1n) is 6.82. The number of carboxylic acid groups (broad SMARTS) is 1. The zero-order chi connectivity index (χ0) is 14.7. The van der Waals surface area contributed by atoms with Crippen LogP contribution in [-0.2, 0) is 22.6 Å². The Labute approximate surface area is 117 Å². The van der Waals surface area contributed by atoms with E-state index in [9.17, 15) is 9.59 Å². The second-order valence-corrected chi connectivity index (χ2v) is 5.72. The molecule has 0 spiro atoms. The summed E-state index contributed by atoms with van der Waals surface area (Å²) in [6.07, 6.45) is 2.49. The van der Waals surface area contributed by atoms with Crippen molar-refractivity contribution in [2.24, 2.45) is 11.8 Å². The van der Waals surface area contributed by atoms with Gasteiger partial charge >= 0.3 is 5.97 Å². The SMILES string of the molecule is CC1CC(C)CN(C(=O)Cn2cc(CC(=O)O)nn2)C1. The summed E-state index contributed by atoms with van der Waals surface area (Å²) in [4.78, 5) is 24.6. The highest BCUT2D eigenvalue weighted by Gasteiger charge is 2.25. The molecular weight excluding hydrogens is 260 g/mol. The number of carbonyl (C=O) groups is 2. The number of carbonyl (C=O) groups excluding carboxylic acids is 1. The molecule has 0 bridgehead atoms. The van der Waals surface area contributed by atoms with Gasteiger partial charge in [0.05, 0.1) is 12.1 Å². The molecule has 2 heterocycles. The third kappa shape index (κ3) is 3.79.